The van der Waals surface area contributed by atoms with Gasteiger partial charge in [0.15, 0.2) is 0 Å². The van der Waals surface area contributed by atoms with Crippen LogP contribution in [0.5, 0.6) is 0 Å². The summed E-state index contributed by atoms with van der Waals surface area (Å²) in [6.45, 7) is 5.62. The third-order valence-corrected chi connectivity index (χ3v) is 5.41. The number of aryl methyl sites for hydroxylation is 1. The van der Waals surface area contributed by atoms with Gasteiger partial charge in [0.2, 0.25) is 5.91 Å². The molecule has 0 aliphatic carbocycles. The molecule has 6 nitrogen and oxygen atoms in total. The van der Waals surface area contributed by atoms with Crippen LogP contribution in [0, 0.1) is 0 Å². The van der Waals surface area contributed by atoms with E-state index in [2.05, 4.69) is 44.9 Å². The zero-order valence-electron chi connectivity index (χ0n) is 16.3. The van der Waals surface area contributed by atoms with Gasteiger partial charge in [0, 0.05) is 39.8 Å². The first-order chi connectivity index (χ1) is 13.7. The molecule has 6 heteroatoms. The summed E-state index contributed by atoms with van der Waals surface area (Å²) in [5.74, 6) is 1.18. The first-order valence-corrected chi connectivity index (χ1v) is 9.85. The summed E-state index contributed by atoms with van der Waals surface area (Å²) in [5.41, 5.74) is 3.35. The van der Waals surface area contributed by atoms with Gasteiger partial charge in [-0.05, 0) is 17.7 Å². The number of nitrogens with zero attached hydrogens (tertiary/aromatic N) is 4. The molecule has 1 aliphatic heterocycles. The monoisotopic (exact) mass is 377 g/mol. The van der Waals surface area contributed by atoms with Crippen molar-refractivity contribution in [2.24, 2.45) is 7.05 Å². The van der Waals surface area contributed by atoms with E-state index in [9.17, 15) is 4.79 Å². The molecule has 1 aromatic heterocycles. The molecule has 4 rings (SSSR count). The quantitative estimate of drug-likeness (QED) is 0.714. The molecular weight excluding hydrogens is 350 g/mol. The van der Waals surface area contributed by atoms with E-state index in [0.29, 0.717) is 13.1 Å². The van der Waals surface area contributed by atoms with Crippen LogP contribution in [-0.4, -0.2) is 58.0 Å². The minimum Gasteiger partial charge on any atom is -0.351 e. The van der Waals surface area contributed by atoms with Crippen LogP contribution < -0.4 is 5.32 Å². The van der Waals surface area contributed by atoms with E-state index in [1.807, 2.05) is 36.4 Å². The van der Waals surface area contributed by atoms with Gasteiger partial charge in [-0.2, -0.15) is 0 Å². The summed E-state index contributed by atoms with van der Waals surface area (Å²) < 4.78 is 2.18. The van der Waals surface area contributed by atoms with E-state index in [-0.39, 0.29) is 5.91 Å². The van der Waals surface area contributed by atoms with Crippen LogP contribution in [0.2, 0.25) is 0 Å². The average molecular weight is 377 g/mol. The Morgan fingerprint density at radius 1 is 0.964 bits per heavy atom. The molecular formula is C22H27N5O. The Bertz CT molecular complexity index is 929. The maximum atomic E-state index is 12.2. The second-order valence-corrected chi connectivity index (χ2v) is 7.39. The van der Waals surface area contributed by atoms with Crippen LogP contribution in [0.15, 0.2) is 54.6 Å². The minimum absolute atomic E-state index is 0.0904. The van der Waals surface area contributed by atoms with E-state index >= 15 is 0 Å². The van der Waals surface area contributed by atoms with Crippen molar-refractivity contribution in [3.63, 3.8) is 0 Å². The lowest BCUT2D eigenvalue weighted by atomic mass is 10.2. The molecule has 2 heterocycles. The molecule has 1 saturated heterocycles. The number of fused-ring (bicyclic) bond motifs is 1. The number of hydrogen-bond acceptors (Lipinski definition) is 4. The molecule has 28 heavy (non-hydrogen) atoms. The molecule has 0 radical (unpaired) electrons. The fourth-order valence-electron chi connectivity index (χ4n) is 3.70. The highest BCUT2D eigenvalue weighted by Crippen LogP contribution is 2.16. The van der Waals surface area contributed by atoms with Gasteiger partial charge in [0.25, 0.3) is 0 Å². The predicted molar refractivity (Wildman–Crippen MR) is 111 cm³/mol. The Balaban J connectivity index is 1.24. The molecule has 0 unspecified atom stereocenters. The van der Waals surface area contributed by atoms with E-state index < -0.39 is 0 Å². The lowest BCUT2D eigenvalue weighted by molar-refractivity contribution is -0.122. The number of benzene rings is 2. The van der Waals surface area contributed by atoms with Gasteiger partial charge in [-0.1, -0.05) is 42.5 Å². The third-order valence-electron chi connectivity index (χ3n) is 5.41. The van der Waals surface area contributed by atoms with Crippen LogP contribution in [-0.2, 0) is 24.9 Å². The Kier molecular flexibility index (Phi) is 5.69. The Morgan fingerprint density at radius 3 is 2.39 bits per heavy atom. The molecule has 2 aromatic carbocycles. The van der Waals surface area contributed by atoms with Crippen molar-refractivity contribution in [2.75, 3.05) is 32.7 Å². The van der Waals surface area contributed by atoms with E-state index in [1.54, 1.807) is 0 Å². The second kappa shape index (κ2) is 8.54. The molecule has 1 fully saturated rings. The van der Waals surface area contributed by atoms with Crippen molar-refractivity contribution in [3.05, 3.63) is 66.0 Å². The standard InChI is InChI=1S/C22H27N5O/c1-25-20-10-6-5-9-19(20)24-21(25)16-26-11-13-27(14-12-26)17-22(28)23-15-18-7-3-2-4-8-18/h2-10H,11-17H2,1H3,(H,23,28). The predicted octanol–water partition coefficient (Wildman–Crippen LogP) is 2.01. The van der Waals surface area contributed by atoms with Crippen LogP contribution >= 0.6 is 0 Å². The van der Waals surface area contributed by atoms with Crippen molar-refractivity contribution in [1.82, 2.24) is 24.7 Å². The largest absolute Gasteiger partial charge is 0.351 e. The van der Waals surface area contributed by atoms with Crippen molar-refractivity contribution >= 4 is 16.9 Å². The zero-order chi connectivity index (χ0) is 19.3. The topological polar surface area (TPSA) is 53.4 Å². The summed E-state index contributed by atoms with van der Waals surface area (Å²) in [7, 11) is 2.08. The Labute approximate surface area is 165 Å². The number of nitrogens with one attached hydrogen (secondary N) is 1. The normalized spacial score (nSPS) is 15.8. The maximum Gasteiger partial charge on any atom is 0.234 e. The molecule has 0 saturated carbocycles. The number of carbonyl (C=O) groups excluding carboxylic acids is 1. The minimum atomic E-state index is 0.0904. The SMILES string of the molecule is Cn1c(CN2CCN(CC(=O)NCc3ccccc3)CC2)nc2ccccc21. The molecule has 1 amide bonds. The lowest BCUT2D eigenvalue weighted by Crippen LogP contribution is -2.49. The number of piperazine rings is 1. The summed E-state index contributed by atoms with van der Waals surface area (Å²) in [6.07, 6.45) is 0. The smallest absolute Gasteiger partial charge is 0.234 e. The summed E-state index contributed by atoms with van der Waals surface area (Å²) in [4.78, 5) is 21.6. The Morgan fingerprint density at radius 2 is 1.64 bits per heavy atom. The zero-order valence-corrected chi connectivity index (χ0v) is 16.3. The van der Waals surface area contributed by atoms with Gasteiger partial charge >= 0.3 is 0 Å². The lowest BCUT2D eigenvalue weighted by Gasteiger charge is -2.34. The van der Waals surface area contributed by atoms with Gasteiger partial charge in [-0.25, -0.2) is 4.98 Å². The van der Waals surface area contributed by atoms with Crippen molar-refractivity contribution in [3.8, 4) is 0 Å². The van der Waals surface area contributed by atoms with Crippen LogP contribution in [0.1, 0.15) is 11.4 Å². The van der Waals surface area contributed by atoms with Crippen LogP contribution in [0.3, 0.4) is 0 Å². The number of amides is 1. The number of hydrogen-bond donors (Lipinski definition) is 1. The van der Waals surface area contributed by atoms with Gasteiger partial charge in [0.1, 0.15) is 5.82 Å². The number of para-hydroxylation sites is 2. The van der Waals surface area contributed by atoms with E-state index in [0.717, 1.165) is 49.6 Å². The van der Waals surface area contributed by atoms with Gasteiger partial charge in [0.05, 0.1) is 24.1 Å². The molecule has 0 atom stereocenters. The first kappa shape index (κ1) is 18.7. The van der Waals surface area contributed by atoms with E-state index in [4.69, 9.17) is 4.98 Å². The fraction of sp³-hybridized carbons (Fsp3) is 0.364. The fourth-order valence-corrected chi connectivity index (χ4v) is 3.70. The number of rotatable bonds is 6. The first-order valence-electron chi connectivity index (χ1n) is 9.85. The molecule has 3 aromatic rings. The van der Waals surface area contributed by atoms with Crippen LogP contribution in [0.25, 0.3) is 11.0 Å². The molecule has 0 spiro atoms. The van der Waals surface area contributed by atoms with Crippen molar-refractivity contribution in [2.45, 2.75) is 13.1 Å². The van der Waals surface area contributed by atoms with Gasteiger partial charge in [-0.3, -0.25) is 14.6 Å². The van der Waals surface area contributed by atoms with Crippen molar-refractivity contribution < 1.29 is 4.79 Å². The maximum absolute atomic E-state index is 12.2. The number of imidazole rings is 1. The van der Waals surface area contributed by atoms with Crippen molar-refractivity contribution in [1.29, 1.82) is 0 Å². The average Bonchev–Trinajstić information content (AvgIpc) is 3.04. The second-order valence-electron chi connectivity index (χ2n) is 7.39. The number of carbonyl (C=O) groups is 1. The molecule has 146 valence electrons. The Hall–Kier alpha value is -2.70. The summed E-state index contributed by atoms with van der Waals surface area (Å²) in [5, 5.41) is 3.01. The third kappa shape index (κ3) is 4.40. The summed E-state index contributed by atoms with van der Waals surface area (Å²) >= 11 is 0. The highest BCUT2D eigenvalue weighted by molar-refractivity contribution is 5.78. The van der Waals surface area contributed by atoms with Crippen LogP contribution in [0.4, 0.5) is 0 Å². The van der Waals surface area contributed by atoms with Gasteiger partial charge in [-0.15, -0.1) is 0 Å². The molecule has 0 bridgehead atoms. The van der Waals surface area contributed by atoms with E-state index in [1.165, 1.54) is 5.52 Å². The number of aromatic nitrogens is 2. The molecule has 1 N–H and O–H groups in total. The summed E-state index contributed by atoms with van der Waals surface area (Å²) in [6, 6.07) is 18.3. The highest BCUT2D eigenvalue weighted by atomic mass is 16.2. The van der Waals surface area contributed by atoms with Gasteiger partial charge < -0.3 is 9.88 Å². The molecule has 1 aliphatic rings. The highest BCUT2D eigenvalue weighted by Gasteiger charge is 2.20.